The zero-order valence-corrected chi connectivity index (χ0v) is 36.6. The highest BCUT2D eigenvalue weighted by atomic mass is 32.2. The molecule has 0 fully saturated rings. The van der Waals surface area contributed by atoms with Crippen molar-refractivity contribution in [3.8, 4) is 5.75 Å². The Morgan fingerprint density at radius 3 is 2.56 bits per heavy atom. The molecule has 1 aromatic carbocycles. The van der Waals surface area contributed by atoms with Gasteiger partial charge >= 0.3 is 11.9 Å². The number of amides is 2. The fourth-order valence-corrected chi connectivity index (χ4v) is 7.74. The summed E-state index contributed by atoms with van der Waals surface area (Å²) in [6, 6.07) is 6.98. The number of nitrogens with two attached hydrogens (primary N) is 2. The summed E-state index contributed by atoms with van der Waals surface area (Å²) in [5.74, 6) is -1.32. The number of nitrogen functional groups attached to an aromatic ring is 1. The number of hydrogen-bond donors (Lipinski definition) is 8. The van der Waals surface area contributed by atoms with Crippen molar-refractivity contribution in [1.82, 2.24) is 45.6 Å². The van der Waals surface area contributed by atoms with Crippen LogP contribution in [0, 0.1) is 0 Å². The maximum Gasteiger partial charge on any atom is 0.321 e. The van der Waals surface area contributed by atoms with Crippen LogP contribution in [-0.4, -0.2) is 147 Å². The lowest BCUT2D eigenvalue weighted by Gasteiger charge is -2.30. The van der Waals surface area contributed by atoms with Gasteiger partial charge in [0.1, 0.15) is 17.3 Å². The number of fused-ring (bicyclic) bond motifs is 1. The van der Waals surface area contributed by atoms with Crippen LogP contribution in [0.15, 0.2) is 54.8 Å². The number of aromatic nitrogens is 3. The number of nitrogens with one attached hydrogen (secondary N) is 4. The molecule has 2 amide bonds. The number of unbranched alkanes of at least 4 members (excludes halogenated alkanes) is 2. The lowest BCUT2D eigenvalue weighted by atomic mass is 10.1. The first-order valence-electron chi connectivity index (χ1n) is 20.9. The third kappa shape index (κ3) is 15.2. The molecule has 0 spiro atoms. The van der Waals surface area contributed by atoms with Crippen molar-refractivity contribution in [2.45, 2.75) is 63.4 Å². The van der Waals surface area contributed by atoms with Crippen molar-refractivity contribution in [3.05, 3.63) is 65.9 Å². The number of anilines is 2. The molecule has 0 saturated heterocycles. The average Bonchev–Trinajstić information content (AvgIpc) is 3.90. The van der Waals surface area contributed by atoms with Gasteiger partial charge in [0.25, 0.3) is 0 Å². The Morgan fingerprint density at radius 1 is 1.02 bits per heavy atom. The van der Waals surface area contributed by atoms with Gasteiger partial charge in [-0.3, -0.25) is 24.2 Å². The summed E-state index contributed by atoms with van der Waals surface area (Å²) in [6.45, 7) is 7.33. The molecule has 0 radical (unpaired) electrons. The number of thioether (sulfide) groups is 1. The van der Waals surface area contributed by atoms with E-state index in [4.69, 9.17) is 35.9 Å². The second-order valence-electron chi connectivity index (χ2n) is 14.9. The molecule has 2 atom stereocenters. The summed E-state index contributed by atoms with van der Waals surface area (Å²) < 4.78 is 19.2. The number of nitrogens with zero attached hydrogens (tertiary/aromatic N) is 6. The highest BCUT2D eigenvalue weighted by molar-refractivity contribution is 8.00. The van der Waals surface area contributed by atoms with Crippen molar-refractivity contribution in [3.63, 3.8) is 0 Å². The summed E-state index contributed by atoms with van der Waals surface area (Å²) in [5.41, 5.74) is 21.8. The Labute approximate surface area is 370 Å². The van der Waals surface area contributed by atoms with E-state index in [2.05, 4.69) is 66.2 Å². The minimum Gasteiger partial charge on any atom is -0.496 e. The van der Waals surface area contributed by atoms with Crippen molar-refractivity contribution in [2.75, 3.05) is 83.1 Å². The minimum atomic E-state index is -1.23. The zero-order valence-electron chi connectivity index (χ0n) is 35.8. The Balaban J connectivity index is 0.959. The first-order valence-corrected chi connectivity index (χ1v) is 22.0. The van der Waals surface area contributed by atoms with Crippen LogP contribution in [0.4, 0.5) is 11.8 Å². The van der Waals surface area contributed by atoms with E-state index < -0.39 is 35.6 Å². The van der Waals surface area contributed by atoms with E-state index in [1.54, 1.807) is 23.2 Å². The van der Waals surface area contributed by atoms with Gasteiger partial charge in [-0.1, -0.05) is 31.9 Å². The molecule has 63 heavy (non-hydrogen) atoms. The highest BCUT2D eigenvalue weighted by Gasteiger charge is 2.25. The molecule has 2 aromatic heterocycles. The van der Waals surface area contributed by atoms with Crippen molar-refractivity contribution >= 4 is 58.3 Å². The number of rotatable bonds is 28. The standard InChI is InChI=1S/C41H60N12O9S/c1-3-4-5-10-44-38-37-32(46-41(43)47-38)8-11-52(37)25-29-7-6-28(21-33(29)60-2)24-50-12-14-51(15-13-50)35(54)9-17-61-19-20-62-18-16-53-26-30(48-49-53)23-45-39(57)34(22-36(55)56)63-27-31(42)40(58)59/h6-8,11-12,14,21,26,31,34,48-49H,3-5,9-10,13,15-20,22-25,27,42H2,1-2H3,(H,45,57)(H,55,56)(H,58,59)(H3,43,44,46,47)/t31-,34-/m0/s1. The third-order valence-corrected chi connectivity index (χ3v) is 11.4. The topological polar surface area (TPSA) is 277 Å². The van der Waals surface area contributed by atoms with Gasteiger partial charge in [0.15, 0.2) is 5.82 Å². The molecule has 10 N–H and O–H groups in total. The molecule has 22 heteroatoms. The molecule has 5 rings (SSSR count). The van der Waals surface area contributed by atoms with E-state index in [1.165, 1.54) is 0 Å². The molecule has 2 aliphatic rings. The van der Waals surface area contributed by atoms with Crippen LogP contribution in [0.1, 0.15) is 50.2 Å². The number of aliphatic carboxylic acids is 2. The Hall–Kier alpha value is -5.81. The number of benzene rings is 1. The molecule has 344 valence electrons. The van der Waals surface area contributed by atoms with E-state index in [1.807, 2.05) is 24.7 Å². The lowest BCUT2D eigenvalue weighted by molar-refractivity contribution is -0.138. The fraction of sp³-hybridized carbons (Fsp3) is 0.512. The number of carbonyl (C=O) groups excluding carboxylic acids is 2. The second kappa shape index (κ2) is 24.7. The van der Waals surface area contributed by atoms with E-state index in [9.17, 15) is 19.2 Å². The number of methoxy groups -OCH3 is 1. The van der Waals surface area contributed by atoms with Crippen molar-refractivity contribution in [2.24, 2.45) is 5.73 Å². The molecule has 4 heterocycles. The van der Waals surface area contributed by atoms with Gasteiger partial charge in [-0.05, 0) is 24.1 Å². The summed E-state index contributed by atoms with van der Waals surface area (Å²) in [7, 11) is 1.68. The van der Waals surface area contributed by atoms with Gasteiger partial charge in [-0.25, -0.2) is 4.98 Å². The molecule has 0 unspecified atom stereocenters. The first-order chi connectivity index (χ1) is 30.4. The smallest absolute Gasteiger partial charge is 0.321 e. The van der Waals surface area contributed by atoms with E-state index >= 15 is 0 Å². The molecular weight excluding hydrogens is 837 g/mol. The Bertz CT molecular complexity index is 2070. The Kier molecular flexibility index (Phi) is 18.9. The molecule has 3 aromatic rings. The van der Waals surface area contributed by atoms with Gasteiger partial charge in [-0.2, -0.15) is 4.98 Å². The number of carbonyl (C=O) groups is 4. The quantitative estimate of drug-likeness (QED) is 0.0480. The summed E-state index contributed by atoms with van der Waals surface area (Å²) >= 11 is 0.886. The van der Waals surface area contributed by atoms with Crippen LogP contribution >= 0.6 is 11.8 Å². The maximum absolute atomic E-state index is 12.9. The van der Waals surface area contributed by atoms with E-state index in [0.29, 0.717) is 58.2 Å². The fourth-order valence-electron chi connectivity index (χ4n) is 6.66. The molecular formula is C41H60N12O9S. The summed E-state index contributed by atoms with van der Waals surface area (Å²) in [6.07, 6.45) is 10.6. The SMILES string of the molecule is CCCCCNc1nc(N)nc2ccn(Cc3ccc(CN4C=CN(C(=O)CCOCCOCCN5C=C(CNC(=O)[C@H](CC(=O)O)SC[C@H](N)C(=O)O)NN5)CC4)cc3OC)c12. The molecule has 0 saturated carbocycles. The lowest BCUT2D eigenvalue weighted by Crippen LogP contribution is -2.41. The normalized spacial score (nSPS) is 14.7. The predicted octanol–water partition coefficient (Wildman–Crippen LogP) is 1.48. The van der Waals surface area contributed by atoms with Crippen LogP contribution in [0.2, 0.25) is 0 Å². The third-order valence-electron chi connectivity index (χ3n) is 10.1. The number of carboxylic acids is 2. The summed E-state index contributed by atoms with van der Waals surface area (Å²) in [5, 5.41) is 24.9. The monoisotopic (exact) mass is 896 g/mol. The number of hydrogen-bond acceptors (Lipinski definition) is 17. The highest BCUT2D eigenvalue weighted by Crippen LogP contribution is 2.28. The van der Waals surface area contributed by atoms with Crippen LogP contribution in [0.3, 0.4) is 0 Å². The van der Waals surface area contributed by atoms with Gasteiger partial charge in [0, 0.05) is 62.3 Å². The van der Waals surface area contributed by atoms with E-state index in [-0.39, 0.29) is 37.2 Å². The van der Waals surface area contributed by atoms with Gasteiger partial charge in [-0.15, -0.1) is 17.3 Å². The molecule has 2 aliphatic heterocycles. The van der Waals surface area contributed by atoms with E-state index in [0.717, 1.165) is 71.3 Å². The van der Waals surface area contributed by atoms with Gasteiger partial charge in [0.05, 0.1) is 82.5 Å². The van der Waals surface area contributed by atoms with Crippen molar-refractivity contribution < 1.29 is 43.6 Å². The van der Waals surface area contributed by atoms with Crippen molar-refractivity contribution in [1.29, 1.82) is 0 Å². The Morgan fingerprint density at radius 2 is 1.83 bits per heavy atom. The molecule has 0 bridgehead atoms. The maximum atomic E-state index is 12.9. The van der Waals surface area contributed by atoms with Crippen LogP contribution in [0.5, 0.6) is 5.75 Å². The summed E-state index contributed by atoms with van der Waals surface area (Å²) in [4.78, 5) is 60.4. The second-order valence-corrected chi connectivity index (χ2v) is 16.1. The predicted molar refractivity (Wildman–Crippen MR) is 238 cm³/mol. The largest absolute Gasteiger partial charge is 0.496 e. The molecule has 21 nitrogen and oxygen atoms in total. The number of ether oxygens (including phenoxy) is 3. The van der Waals surface area contributed by atoms with Gasteiger partial charge in [0.2, 0.25) is 17.8 Å². The molecule has 0 aliphatic carbocycles. The number of carboxylic acid groups (broad SMARTS) is 2. The first kappa shape index (κ1) is 48.2. The van der Waals surface area contributed by atoms with Crippen LogP contribution < -0.4 is 37.8 Å². The number of hydrazine groups is 2. The average molecular weight is 897 g/mol. The van der Waals surface area contributed by atoms with Gasteiger partial charge < -0.3 is 66.3 Å². The van der Waals surface area contributed by atoms with Crippen LogP contribution in [-0.2, 0) is 41.7 Å². The zero-order chi connectivity index (χ0) is 45.1. The van der Waals surface area contributed by atoms with Crippen LogP contribution in [0.25, 0.3) is 11.0 Å². The minimum absolute atomic E-state index is 0.0206.